The minimum atomic E-state index is -0.196. The van der Waals surface area contributed by atoms with E-state index in [0.717, 1.165) is 5.69 Å². The van der Waals surface area contributed by atoms with Crippen molar-refractivity contribution >= 4 is 34.0 Å². The summed E-state index contributed by atoms with van der Waals surface area (Å²) in [7, 11) is 0. The lowest BCUT2D eigenvalue weighted by Crippen LogP contribution is -2.11. The summed E-state index contributed by atoms with van der Waals surface area (Å²) in [6, 6.07) is 3.29. The van der Waals surface area contributed by atoms with Gasteiger partial charge in [-0.3, -0.25) is 15.1 Å². The molecule has 6 heteroatoms. The zero-order chi connectivity index (χ0) is 11.4. The molecule has 0 saturated carbocycles. The molecule has 0 atom stereocenters. The Bertz CT molecular complexity index is 486. The molecule has 0 aromatic carbocycles. The van der Waals surface area contributed by atoms with Crippen molar-refractivity contribution in [3.63, 3.8) is 0 Å². The van der Waals surface area contributed by atoms with Gasteiger partial charge in [-0.25, -0.2) is 4.98 Å². The normalized spacial score (nSPS) is 10.1. The van der Waals surface area contributed by atoms with Crippen LogP contribution in [0.2, 0.25) is 0 Å². The quantitative estimate of drug-likeness (QED) is 0.856. The molecule has 2 heterocycles. The lowest BCUT2D eigenvalue weighted by atomic mass is 10.2. The van der Waals surface area contributed by atoms with E-state index in [1.165, 1.54) is 11.3 Å². The highest BCUT2D eigenvalue weighted by atomic mass is 35.5. The van der Waals surface area contributed by atoms with Gasteiger partial charge in [0.1, 0.15) is 0 Å². The molecule has 4 nitrogen and oxygen atoms in total. The highest BCUT2D eigenvalue weighted by molar-refractivity contribution is 7.14. The van der Waals surface area contributed by atoms with Gasteiger partial charge >= 0.3 is 0 Å². The third-order valence-electron chi connectivity index (χ3n) is 1.85. The van der Waals surface area contributed by atoms with E-state index in [1.807, 2.05) is 5.38 Å². The molecule has 0 aliphatic carbocycles. The fourth-order valence-corrected chi connectivity index (χ4v) is 2.03. The van der Waals surface area contributed by atoms with Crippen molar-refractivity contribution in [2.24, 2.45) is 0 Å². The number of halogens is 1. The van der Waals surface area contributed by atoms with E-state index in [9.17, 15) is 4.79 Å². The summed E-state index contributed by atoms with van der Waals surface area (Å²) in [5.74, 6) is 0.152. The molecule has 0 aliphatic rings. The molecule has 1 N–H and O–H groups in total. The van der Waals surface area contributed by atoms with Crippen LogP contribution >= 0.6 is 22.9 Å². The van der Waals surface area contributed by atoms with Crippen molar-refractivity contribution in [2.75, 3.05) is 5.32 Å². The first-order valence-electron chi connectivity index (χ1n) is 4.51. The number of nitrogens with one attached hydrogen (secondary N) is 1. The van der Waals surface area contributed by atoms with Crippen LogP contribution in [0.15, 0.2) is 29.9 Å². The number of carbonyl (C=O) groups is 1. The Morgan fingerprint density at radius 3 is 2.81 bits per heavy atom. The van der Waals surface area contributed by atoms with Crippen molar-refractivity contribution in [3.8, 4) is 0 Å². The number of hydrogen-bond acceptors (Lipinski definition) is 4. The number of hydrogen-bond donors (Lipinski definition) is 1. The standard InChI is InChI=1S/C10H8ClN3OS/c11-5-8-6-16-10(13-8)14-9(15)7-1-3-12-4-2-7/h1-4,6H,5H2,(H,13,14,15). The van der Waals surface area contributed by atoms with Crippen LogP contribution in [0.25, 0.3) is 0 Å². The van der Waals surface area contributed by atoms with Crippen LogP contribution in [0.1, 0.15) is 16.1 Å². The SMILES string of the molecule is O=C(Nc1nc(CCl)cs1)c1ccncc1. The molecule has 2 aromatic heterocycles. The van der Waals surface area contributed by atoms with E-state index in [-0.39, 0.29) is 5.91 Å². The Morgan fingerprint density at radius 2 is 2.19 bits per heavy atom. The number of thiazole rings is 1. The average Bonchev–Trinajstić information content (AvgIpc) is 2.78. The van der Waals surface area contributed by atoms with Crippen LogP contribution in [0.3, 0.4) is 0 Å². The van der Waals surface area contributed by atoms with Crippen molar-refractivity contribution < 1.29 is 4.79 Å². The number of pyridine rings is 1. The molecule has 2 rings (SSSR count). The average molecular weight is 254 g/mol. The van der Waals surface area contributed by atoms with Crippen molar-refractivity contribution in [2.45, 2.75) is 5.88 Å². The second-order valence-electron chi connectivity index (χ2n) is 2.97. The second kappa shape index (κ2) is 5.05. The van der Waals surface area contributed by atoms with Crippen molar-refractivity contribution in [3.05, 3.63) is 41.2 Å². The summed E-state index contributed by atoms with van der Waals surface area (Å²) in [6.45, 7) is 0. The Kier molecular flexibility index (Phi) is 3.48. The topological polar surface area (TPSA) is 54.9 Å². The molecule has 1 amide bonds. The number of carbonyl (C=O) groups excluding carboxylic acids is 1. The van der Waals surface area contributed by atoms with Crippen molar-refractivity contribution in [1.29, 1.82) is 0 Å². The first-order valence-corrected chi connectivity index (χ1v) is 5.93. The second-order valence-corrected chi connectivity index (χ2v) is 4.09. The molecule has 0 fully saturated rings. The van der Waals surface area contributed by atoms with Gasteiger partial charge in [0, 0.05) is 23.3 Å². The van der Waals surface area contributed by atoms with Crippen molar-refractivity contribution in [1.82, 2.24) is 9.97 Å². The Labute approximate surface area is 101 Å². The third kappa shape index (κ3) is 2.56. The van der Waals surface area contributed by atoms with Crippen LogP contribution in [-0.2, 0) is 5.88 Å². The van der Waals surface area contributed by atoms with Gasteiger partial charge in [0.2, 0.25) is 0 Å². The Balaban J connectivity index is 2.08. The number of amides is 1. The van der Waals surface area contributed by atoms with Gasteiger partial charge < -0.3 is 0 Å². The summed E-state index contributed by atoms with van der Waals surface area (Å²) in [5, 5.41) is 5.06. The zero-order valence-corrected chi connectivity index (χ0v) is 9.76. The maximum atomic E-state index is 11.7. The summed E-state index contributed by atoms with van der Waals surface area (Å²) in [4.78, 5) is 19.7. The van der Waals surface area contributed by atoms with Gasteiger partial charge in [-0.2, -0.15) is 0 Å². The van der Waals surface area contributed by atoms with E-state index in [0.29, 0.717) is 16.6 Å². The molecule has 0 unspecified atom stereocenters. The molecule has 0 bridgehead atoms. The number of anilines is 1. The Morgan fingerprint density at radius 1 is 1.44 bits per heavy atom. The van der Waals surface area contributed by atoms with Crippen LogP contribution in [-0.4, -0.2) is 15.9 Å². The smallest absolute Gasteiger partial charge is 0.257 e. The van der Waals surface area contributed by atoms with E-state index < -0.39 is 0 Å². The van der Waals surface area contributed by atoms with Crippen LogP contribution in [0, 0.1) is 0 Å². The van der Waals surface area contributed by atoms with Crippen LogP contribution in [0.5, 0.6) is 0 Å². The molecular weight excluding hydrogens is 246 g/mol. The van der Waals surface area contributed by atoms with Gasteiger partial charge in [-0.15, -0.1) is 22.9 Å². The minimum Gasteiger partial charge on any atom is -0.298 e. The molecule has 0 aliphatic heterocycles. The van der Waals surface area contributed by atoms with E-state index in [4.69, 9.17) is 11.6 Å². The molecule has 0 spiro atoms. The van der Waals surface area contributed by atoms with Crippen LogP contribution < -0.4 is 5.32 Å². The van der Waals surface area contributed by atoms with Gasteiger partial charge in [-0.1, -0.05) is 0 Å². The van der Waals surface area contributed by atoms with Gasteiger partial charge in [-0.05, 0) is 12.1 Å². The largest absolute Gasteiger partial charge is 0.298 e. The predicted octanol–water partition coefficient (Wildman–Crippen LogP) is 2.53. The number of nitrogens with zero attached hydrogens (tertiary/aromatic N) is 2. The van der Waals surface area contributed by atoms with Gasteiger partial charge in [0.25, 0.3) is 5.91 Å². The number of rotatable bonds is 3. The highest BCUT2D eigenvalue weighted by Gasteiger charge is 2.07. The summed E-state index contributed by atoms with van der Waals surface area (Å²) < 4.78 is 0. The van der Waals surface area contributed by atoms with E-state index >= 15 is 0 Å². The maximum Gasteiger partial charge on any atom is 0.257 e. The molecule has 2 aromatic rings. The monoisotopic (exact) mass is 253 g/mol. The highest BCUT2D eigenvalue weighted by Crippen LogP contribution is 2.17. The predicted molar refractivity (Wildman–Crippen MR) is 63.9 cm³/mol. The Hall–Kier alpha value is -1.46. The first-order chi connectivity index (χ1) is 7.79. The van der Waals surface area contributed by atoms with Crippen LogP contribution in [0.4, 0.5) is 5.13 Å². The fourth-order valence-electron chi connectivity index (χ4n) is 1.10. The number of aromatic nitrogens is 2. The van der Waals surface area contributed by atoms with E-state index in [2.05, 4.69) is 15.3 Å². The zero-order valence-electron chi connectivity index (χ0n) is 8.18. The number of alkyl halides is 1. The molecule has 16 heavy (non-hydrogen) atoms. The molecule has 82 valence electrons. The minimum absolute atomic E-state index is 0.196. The van der Waals surface area contributed by atoms with Gasteiger partial charge in [0.05, 0.1) is 11.6 Å². The lowest BCUT2D eigenvalue weighted by molar-refractivity contribution is 0.102. The third-order valence-corrected chi connectivity index (χ3v) is 2.93. The maximum absolute atomic E-state index is 11.7. The first kappa shape index (κ1) is 11.0. The van der Waals surface area contributed by atoms with E-state index in [1.54, 1.807) is 24.5 Å². The summed E-state index contributed by atoms with van der Waals surface area (Å²) in [5.41, 5.74) is 1.31. The summed E-state index contributed by atoms with van der Waals surface area (Å²) in [6.07, 6.45) is 3.14. The molecule has 0 radical (unpaired) electrons. The fraction of sp³-hybridized carbons (Fsp3) is 0.100. The van der Waals surface area contributed by atoms with Gasteiger partial charge in [0.15, 0.2) is 5.13 Å². The lowest BCUT2D eigenvalue weighted by Gasteiger charge is -2.00. The molecule has 0 saturated heterocycles. The molecular formula is C10H8ClN3OS. The summed E-state index contributed by atoms with van der Waals surface area (Å²) >= 11 is 6.97.